The quantitative estimate of drug-likeness (QED) is 0.912. The van der Waals surface area contributed by atoms with Crippen molar-refractivity contribution < 1.29 is 12.9 Å². The first-order chi connectivity index (χ1) is 8.91. The monoisotopic (exact) mass is 281 g/mol. The van der Waals surface area contributed by atoms with Crippen molar-refractivity contribution in [1.82, 2.24) is 10.1 Å². The lowest BCUT2D eigenvalue weighted by Crippen LogP contribution is -2.10. The van der Waals surface area contributed by atoms with E-state index in [4.69, 9.17) is 10.3 Å². The molecule has 0 saturated carbocycles. The molecule has 1 aromatic heterocycles. The van der Waals surface area contributed by atoms with Gasteiger partial charge in [-0.3, -0.25) is 0 Å². The molecule has 1 heterocycles. The molecule has 0 aliphatic heterocycles. The fraction of sp³-hybridized carbons (Fsp3) is 0.333. The zero-order valence-electron chi connectivity index (χ0n) is 10.7. The van der Waals surface area contributed by atoms with Gasteiger partial charge in [0.15, 0.2) is 15.7 Å². The van der Waals surface area contributed by atoms with Gasteiger partial charge in [-0.15, -0.1) is 0 Å². The first-order valence-corrected chi connectivity index (χ1v) is 7.70. The van der Waals surface area contributed by atoms with Gasteiger partial charge in [-0.25, -0.2) is 8.42 Å². The number of nitrogens with two attached hydrogens (primary N) is 1. The van der Waals surface area contributed by atoms with Crippen molar-refractivity contribution in [2.75, 3.05) is 6.26 Å². The van der Waals surface area contributed by atoms with E-state index in [9.17, 15) is 8.42 Å². The number of nitrogens with zero attached hydrogens (tertiary/aromatic N) is 2. The van der Waals surface area contributed by atoms with Gasteiger partial charge in [-0.1, -0.05) is 12.1 Å². The Hall–Kier alpha value is -1.73. The third-order valence-electron chi connectivity index (χ3n) is 2.74. The molecule has 0 radical (unpaired) electrons. The Morgan fingerprint density at radius 3 is 2.47 bits per heavy atom. The van der Waals surface area contributed by atoms with Gasteiger partial charge in [-0.05, 0) is 30.7 Å². The summed E-state index contributed by atoms with van der Waals surface area (Å²) < 4.78 is 27.8. The van der Waals surface area contributed by atoms with E-state index in [2.05, 4.69) is 10.1 Å². The second-order valence-electron chi connectivity index (χ2n) is 4.27. The highest BCUT2D eigenvalue weighted by Gasteiger charge is 2.14. The van der Waals surface area contributed by atoms with Crippen molar-refractivity contribution in [3.63, 3.8) is 0 Å². The number of benzene rings is 1. The number of rotatable bonds is 4. The van der Waals surface area contributed by atoms with Crippen molar-refractivity contribution >= 4 is 9.84 Å². The summed E-state index contributed by atoms with van der Waals surface area (Å²) in [5.41, 5.74) is 6.46. The summed E-state index contributed by atoms with van der Waals surface area (Å²) >= 11 is 0. The maximum atomic E-state index is 11.3. The molecule has 0 aliphatic carbocycles. The molecule has 1 unspecified atom stereocenters. The topological polar surface area (TPSA) is 99.1 Å². The Morgan fingerprint density at radius 2 is 1.95 bits per heavy atom. The minimum absolute atomic E-state index is 0.251. The van der Waals surface area contributed by atoms with E-state index in [0.717, 1.165) is 6.26 Å². The molecule has 19 heavy (non-hydrogen) atoms. The molecule has 0 fully saturated rings. The first kappa shape index (κ1) is 13.7. The van der Waals surface area contributed by atoms with Crippen molar-refractivity contribution in [3.8, 4) is 11.5 Å². The molecule has 0 bridgehead atoms. The van der Waals surface area contributed by atoms with E-state index in [-0.39, 0.29) is 10.9 Å². The molecule has 0 amide bonds. The van der Waals surface area contributed by atoms with Crippen LogP contribution >= 0.6 is 0 Å². The molecular formula is C12H15N3O3S. The minimum atomic E-state index is -3.20. The summed E-state index contributed by atoms with van der Waals surface area (Å²) in [5.74, 6) is 0.781. The van der Waals surface area contributed by atoms with Crippen LogP contribution in [0.1, 0.15) is 25.2 Å². The normalized spacial score (nSPS) is 13.4. The van der Waals surface area contributed by atoms with Gasteiger partial charge in [-0.2, -0.15) is 4.98 Å². The standard InChI is InChI=1S/C12H15N3O3S/c1-3-10(13)11-14-12(18-15-11)8-4-6-9(7-5-8)19(2,16)17/h4-7,10H,3,13H2,1-2H3. The Balaban J connectivity index is 2.30. The van der Waals surface area contributed by atoms with Crippen LogP contribution in [0, 0.1) is 0 Å². The summed E-state index contributed by atoms with van der Waals surface area (Å²) in [6, 6.07) is 6.02. The molecule has 2 aromatic rings. The predicted molar refractivity (Wildman–Crippen MR) is 70.1 cm³/mol. The van der Waals surface area contributed by atoms with Gasteiger partial charge in [0.25, 0.3) is 5.89 Å². The second kappa shape index (κ2) is 5.10. The van der Waals surface area contributed by atoms with E-state index in [1.165, 1.54) is 12.1 Å². The Kier molecular flexibility index (Phi) is 3.68. The Labute approximate surface area is 111 Å². The second-order valence-corrected chi connectivity index (χ2v) is 6.28. The van der Waals surface area contributed by atoms with Crippen LogP contribution in [0.25, 0.3) is 11.5 Å². The summed E-state index contributed by atoms with van der Waals surface area (Å²) in [6.45, 7) is 1.93. The molecule has 0 aliphatic rings. The Bertz CT molecular complexity index is 662. The van der Waals surface area contributed by atoms with Crippen molar-refractivity contribution in [3.05, 3.63) is 30.1 Å². The highest BCUT2D eigenvalue weighted by molar-refractivity contribution is 7.90. The van der Waals surface area contributed by atoms with Crippen LogP contribution in [0.3, 0.4) is 0 Å². The van der Waals surface area contributed by atoms with Crippen molar-refractivity contribution in [2.24, 2.45) is 5.73 Å². The molecule has 1 atom stereocenters. The summed E-state index contributed by atoms with van der Waals surface area (Å²) in [4.78, 5) is 4.44. The van der Waals surface area contributed by atoms with Crippen molar-refractivity contribution in [1.29, 1.82) is 0 Å². The van der Waals surface area contributed by atoms with Crippen LogP contribution in [0.15, 0.2) is 33.7 Å². The van der Waals surface area contributed by atoms with E-state index < -0.39 is 9.84 Å². The minimum Gasteiger partial charge on any atom is -0.334 e. The zero-order valence-corrected chi connectivity index (χ0v) is 11.5. The average Bonchev–Trinajstić information content (AvgIpc) is 2.86. The summed E-state index contributed by atoms with van der Waals surface area (Å²) in [6.07, 6.45) is 1.87. The van der Waals surface area contributed by atoms with Gasteiger partial charge < -0.3 is 10.3 Å². The van der Waals surface area contributed by atoms with Crippen molar-refractivity contribution in [2.45, 2.75) is 24.3 Å². The average molecular weight is 281 g/mol. The van der Waals surface area contributed by atoms with Gasteiger partial charge in [0.2, 0.25) is 0 Å². The van der Waals surface area contributed by atoms with Crippen LogP contribution in [0.5, 0.6) is 0 Å². The summed E-state index contributed by atoms with van der Waals surface area (Å²) in [5, 5.41) is 3.81. The molecular weight excluding hydrogens is 266 g/mol. The number of sulfone groups is 1. The number of aromatic nitrogens is 2. The lowest BCUT2D eigenvalue weighted by atomic mass is 10.2. The lowest BCUT2D eigenvalue weighted by molar-refractivity contribution is 0.415. The van der Waals surface area contributed by atoms with Gasteiger partial charge >= 0.3 is 0 Å². The molecule has 2 N–H and O–H groups in total. The highest BCUT2D eigenvalue weighted by atomic mass is 32.2. The smallest absolute Gasteiger partial charge is 0.257 e. The number of hydrogen-bond acceptors (Lipinski definition) is 6. The Morgan fingerprint density at radius 1 is 1.32 bits per heavy atom. The van der Waals surface area contributed by atoms with Crippen LogP contribution < -0.4 is 5.73 Å². The van der Waals surface area contributed by atoms with Gasteiger partial charge in [0.1, 0.15) is 0 Å². The van der Waals surface area contributed by atoms with Crippen LogP contribution in [0.2, 0.25) is 0 Å². The molecule has 7 heteroatoms. The SMILES string of the molecule is CCC(N)c1noc(-c2ccc(S(C)(=O)=O)cc2)n1. The van der Waals surface area contributed by atoms with Crippen LogP contribution in [-0.4, -0.2) is 24.8 Å². The fourth-order valence-electron chi connectivity index (χ4n) is 1.53. The summed E-state index contributed by atoms with van der Waals surface area (Å²) in [7, 11) is -3.20. The zero-order chi connectivity index (χ0) is 14.0. The molecule has 102 valence electrons. The first-order valence-electron chi connectivity index (χ1n) is 5.81. The van der Waals surface area contributed by atoms with E-state index in [0.29, 0.717) is 23.7 Å². The molecule has 0 spiro atoms. The predicted octanol–water partition coefficient (Wildman–Crippen LogP) is 1.55. The van der Waals surface area contributed by atoms with Crippen LogP contribution in [-0.2, 0) is 9.84 Å². The molecule has 0 saturated heterocycles. The molecule has 1 aromatic carbocycles. The third-order valence-corrected chi connectivity index (χ3v) is 3.87. The van der Waals surface area contributed by atoms with E-state index >= 15 is 0 Å². The largest absolute Gasteiger partial charge is 0.334 e. The maximum absolute atomic E-state index is 11.3. The fourth-order valence-corrected chi connectivity index (χ4v) is 2.16. The lowest BCUT2D eigenvalue weighted by Gasteiger charge is -2.00. The van der Waals surface area contributed by atoms with Crippen LogP contribution in [0.4, 0.5) is 0 Å². The number of hydrogen-bond donors (Lipinski definition) is 1. The molecule has 6 nitrogen and oxygen atoms in total. The van der Waals surface area contributed by atoms with E-state index in [1.54, 1.807) is 12.1 Å². The highest BCUT2D eigenvalue weighted by Crippen LogP contribution is 2.21. The van der Waals surface area contributed by atoms with Gasteiger partial charge in [0, 0.05) is 11.8 Å². The van der Waals surface area contributed by atoms with E-state index in [1.807, 2.05) is 6.92 Å². The third kappa shape index (κ3) is 2.99. The maximum Gasteiger partial charge on any atom is 0.257 e. The molecule has 2 rings (SSSR count). The van der Waals surface area contributed by atoms with Gasteiger partial charge in [0.05, 0.1) is 10.9 Å².